The van der Waals surface area contributed by atoms with E-state index in [2.05, 4.69) is 19.9 Å². The molecule has 4 rings (SSSR count). The third-order valence-corrected chi connectivity index (χ3v) is 6.16. The second-order valence-corrected chi connectivity index (χ2v) is 9.45. The largest absolute Gasteiger partial charge is 0.475 e. The lowest BCUT2D eigenvalue weighted by molar-refractivity contribution is 0.232. The minimum atomic E-state index is -3.02. The van der Waals surface area contributed by atoms with Crippen LogP contribution in [0.3, 0.4) is 0 Å². The third-order valence-electron chi connectivity index (χ3n) is 4.65. The van der Waals surface area contributed by atoms with E-state index in [9.17, 15) is 8.42 Å². The highest BCUT2D eigenvalue weighted by molar-refractivity contribution is 7.91. The Labute approximate surface area is 158 Å². The van der Waals surface area contributed by atoms with Crippen LogP contribution in [0.25, 0.3) is 0 Å². The summed E-state index contributed by atoms with van der Waals surface area (Å²) >= 11 is 0. The number of hydrogen-bond acceptors (Lipinski definition) is 8. The lowest BCUT2D eigenvalue weighted by atomic mass is 10.1. The van der Waals surface area contributed by atoms with Crippen molar-refractivity contribution in [3.63, 3.8) is 0 Å². The average Bonchev–Trinajstić information content (AvgIpc) is 2.95. The Kier molecular flexibility index (Phi) is 4.33. The molecule has 0 unspecified atom stereocenters. The minimum Gasteiger partial charge on any atom is -0.475 e. The van der Waals surface area contributed by atoms with Gasteiger partial charge in [0.05, 0.1) is 29.3 Å². The molecule has 0 N–H and O–H groups in total. The molecule has 0 bridgehead atoms. The van der Waals surface area contributed by atoms with Crippen molar-refractivity contribution in [2.45, 2.75) is 31.7 Å². The van der Waals surface area contributed by atoms with E-state index in [1.807, 2.05) is 30.9 Å². The Morgan fingerprint density at radius 1 is 1.19 bits per heavy atom. The van der Waals surface area contributed by atoms with Crippen LogP contribution in [0.2, 0.25) is 0 Å². The van der Waals surface area contributed by atoms with Gasteiger partial charge in [0.2, 0.25) is 5.88 Å². The van der Waals surface area contributed by atoms with Gasteiger partial charge < -0.3 is 9.64 Å². The van der Waals surface area contributed by atoms with E-state index in [0.29, 0.717) is 37.0 Å². The highest BCUT2D eigenvalue weighted by Crippen LogP contribution is 2.27. The Morgan fingerprint density at radius 3 is 2.67 bits per heavy atom. The predicted molar refractivity (Wildman–Crippen MR) is 102 cm³/mol. The van der Waals surface area contributed by atoms with Crippen LogP contribution in [-0.4, -0.2) is 59.8 Å². The first-order valence-corrected chi connectivity index (χ1v) is 10.7. The molecule has 0 atom stereocenters. The summed E-state index contributed by atoms with van der Waals surface area (Å²) < 4.78 is 28.9. The predicted octanol–water partition coefficient (Wildman–Crippen LogP) is 1.24. The quantitative estimate of drug-likeness (QED) is 0.761. The van der Waals surface area contributed by atoms with Gasteiger partial charge in [-0.05, 0) is 13.8 Å². The maximum absolute atomic E-state index is 11.6. The van der Waals surface area contributed by atoms with Gasteiger partial charge in [-0.15, -0.1) is 0 Å². The van der Waals surface area contributed by atoms with Crippen molar-refractivity contribution < 1.29 is 13.2 Å². The number of hydrogen-bond donors (Lipinski definition) is 0. The van der Waals surface area contributed by atoms with Gasteiger partial charge in [-0.2, -0.15) is 0 Å². The third kappa shape index (κ3) is 3.51. The molecule has 2 aromatic rings. The number of ether oxygens (including phenoxy) is 1. The standard InChI is InChI=1S/C18H21N5O3S/c1-11(2)26-17-4-14-12(6-19-17)7-20-18(14)15-5-16(22-10-21-15)23-8-13(9-23)27(3,24)25/h4-6,10-11,13H,7-9H2,1-3H3. The number of anilines is 1. The maximum Gasteiger partial charge on any atom is 0.214 e. The zero-order valence-corrected chi connectivity index (χ0v) is 16.3. The van der Waals surface area contributed by atoms with Gasteiger partial charge in [0.25, 0.3) is 0 Å². The van der Waals surface area contributed by atoms with Gasteiger partial charge in [-0.3, -0.25) is 4.99 Å². The molecule has 0 amide bonds. The van der Waals surface area contributed by atoms with E-state index in [0.717, 1.165) is 16.8 Å². The van der Waals surface area contributed by atoms with E-state index < -0.39 is 9.84 Å². The maximum atomic E-state index is 11.6. The van der Waals surface area contributed by atoms with Crippen LogP contribution in [0.5, 0.6) is 5.88 Å². The van der Waals surface area contributed by atoms with Gasteiger partial charge in [-0.1, -0.05) is 0 Å². The number of nitrogens with zero attached hydrogens (tertiary/aromatic N) is 5. The highest BCUT2D eigenvalue weighted by atomic mass is 32.2. The summed E-state index contributed by atoms with van der Waals surface area (Å²) in [5.74, 6) is 1.27. The van der Waals surface area contributed by atoms with E-state index in [1.165, 1.54) is 12.6 Å². The minimum absolute atomic E-state index is 0.0391. The Hall–Kier alpha value is -2.55. The summed E-state index contributed by atoms with van der Waals surface area (Å²) in [6, 6.07) is 3.75. The molecular weight excluding hydrogens is 366 g/mol. The first-order chi connectivity index (χ1) is 12.8. The summed E-state index contributed by atoms with van der Waals surface area (Å²) in [5, 5.41) is -0.331. The Morgan fingerprint density at radius 2 is 1.96 bits per heavy atom. The zero-order valence-electron chi connectivity index (χ0n) is 15.5. The summed E-state index contributed by atoms with van der Waals surface area (Å²) in [7, 11) is -3.02. The fraction of sp³-hybridized carbons (Fsp3) is 0.444. The molecular formula is C18H21N5O3S. The molecule has 0 saturated carbocycles. The lowest BCUT2D eigenvalue weighted by Gasteiger charge is -2.38. The molecule has 0 aliphatic carbocycles. The number of rotatable bonds is 5. The molecule has 2 aliphatic heterocycles. The molecule has 2 aromatic heterocycles. The molecule has 0 aromatic carbocycles. The van der Waals surface area contributed by atoms with Crippen molar-refractivity contribution in [3.05, 3.63) is 41.5 Å². The molecule has 1 saturated heterocycles. The number of fused-ring (bicyclic) bond motifs is 1. The van der Waals surface area contributed by atoms with Crippen molar-refractivity contribution in [2.24, 2.45) is 4.99 Å². The number of aromatic nitrogens is 3. The number of pyridine rings is 1. The Balaban J connectivity index is 1.58. The lowest BCUT2D eigenvalue weighted by Crippen LogP contribution is -2.54. The molecule has 1 fully saturated rings. The van der Waals surface area contributed by atoms with Crippen LogP contribution in [0, 0.1) is 0 Å². The normalized spacial score (nSPS) is 16.9. The van der Waals surface area contributed by atoms with Crippen molar-refractivity contribution in [2.75, 3.05) is 24.2 Å². The smallest absolute Gasteiger partial charge is 0.214 e. The van der Waals surface area contributed by atoms with E-state index >= 15 is 0 Å². The van der Waals surface area contributed by atoms with Crippen molar-refractivity contribution >= 4 is 21.4 Å². The summed E-state index contributed by atoms with van der Waals surface area (Å²) in [6.07, 6.45) is 4.59. The molecule has 9 heteroatoms. The molecule has 2 aliphatic rings. The van der Waals surface area contributed by atoms with Gasteiger partial charge in [0, 0.05) is 48.8 Å². The second kappa shape index (κ2) is 6.56. The first kappa shape index (κ1) is 17.8. The first-order valence-electron chi connectivity index (χ1n) is 8.78. The van der Waals surface area contributed by atoms with Crippen molar-refractivity contribution in [1.29, 1.82) is 0 Å². The topological polar surface area (TPSA) is 97.6 Å². The van der Waals surface area contributed by atoms with Crippen LogP contribution in [-0.2, 0) is 16.4 Å². The number of aliphatic imine (C=N–C) groups is 1. The molecule has 142 valence electrons. The fourth-order valence-electron chi connectivity index (χ4n) is 3.13. The van der Waals surface area contributed by atoms with E-state index in [1.54, 1.807) is 6.20 Å². The van der Waals surface area contributed by atoms with Gasteiger partial charge in [0.15, 0.2) is 9.84 Å². The molecule has 0 radical (unpaired) electrons. The summed E-state index contributed by atoms with van der Waals surface area (Å²) in [5.41, 5.74) is 3.48. The highest BCUT2D eigenvalue weighted by Gasteiger charge is 2.35. The average molecular weight is 387 g/mol. The molecule has 4 heterocycles. The Bertz CT molecular complexity index is 1010. The van der Waals surface area contributed by atoms with Gasteiger partial charge in [-0.25, -0.2) is 23.4 Å². The van der Waals surface area contributed by atoms with Crippen molar-refractivity contribution in [1.82, 2.24) is 15.0 Å². The van der Waals surface area contributed by atoms with Crippen LogP contribution in [0.4, 0.5) is 5.82 Å². The summed E-state index contributed by atoms with van der Waals surface area (Å²) in [4.78, 5) is 19.5. The van der Waals surface area contributed by atoms with Crippen LogP contribution in [0.15, 0.2) is 29.6 Å². The monoisotopic (exact) mass is 387 g/mol. The number of sulfone groups is 1. The molecule has 0 spiro atoms. The van der Waals surface area contributed by atoms with Crippen LogP contribution in [0.1, 0.15) is 30.7 Å². The zero-order chi connectivity index (χ0) is 19.2. The van der Waals surface area contributed by atoms with Crippen LogP contribution < -0.4 is 9.64 Å². The van der Waals surface area contributed by atoms with E-state index in [4.69, 9.17) is 4.74 Å². The van der Waals surface area contributed by atoms with Crippen molar-refractivity contribution in [3.8, 4) is 5.88 Å². The molecule has 8 nitrogen and oxygen atoms in total. The van der Waals surface area contributed by atoms with E-state index in [-0.39, 0.29) is 11.4 Å². The second-order valence-electron chi connectivity index (χ2n) is 7.13. The molecule has 27 heavy (non-hydrogen) atoms. The van der Waals surface area contributed by atoms with Gasteiger partial charge >= 0.3 is 0 Å². The van der Waals surface area contributed by atoms with Crippen LogP contribution >= 0.6 is 0 Å². The fourth-order valence-corrected chi connectivity index (χ4v) is 4.03. The van der Waals surface area contributed by atoms with Gasteiger partial charge in [0.1, 0.15) is 12.1 Å². The summed E-state index contributed by atoms with van der Waals surface area (Å²) in [6.45, 7) is 5.37. The SMILES string of the molecule is CC(C)Oc1cc2c(cn1)CN=C2c1cc(N2CC(S(C)(=O)=O)C2)ncn1.